The van der Waals surface area contributed by atoms with Crippen LogP contribution >= 0.6 is 0 Å². The number of esters is 1. The minimum atomic E-state index is -0.996. The van der Waals surface area contributed by atoms with Gasteiger partial charge in [-0.05, 0) is 26.0 Å². The number of hydrogen-bond acceptors (Lipinski definition) is 7. The number of nitrogens with zero attached hydrogens (tertiary/aromatic N) is 2. The van der Waals surface area contributed by atoms with Crippen LogP contribution in [0.1, 0.15) is 23.1 Å². The van der Waals surface area contributed by atoms with Gasteiger partial charge in [0.25, 0.3) is 5.91 Å². The van der Waals surface area contributed by atoms with Gasteiger partial charge in [0.15, 0.2) is 23.3 Å². The van der Waals surface area contributed by atoms with Crippen molar-refractivity contribution in [1.29, 1.82) is 0 Å². The van der Waals surface area contributed by atoms with Crippen molar-refractivity contribution in [2.75, 3.05) is 18.5 Å². The normalized spacial score (nSPS) is 13.7. The topological polar surface area (TPSA) is 99.6 Å². The number of anilines is 1. The molecule has 8 heteroatoms. The first-order chi connectivity index (χ1) is 12.0. The van der Waals surface area contributed by atoms with Crippen molar-refractivity contribution in [2.45, 2.75) is 20.0 Å². The minimum absolute atomic E-state index is 0.0459. The molecule has 1 aromatic carbocycles. The average Bonchev–Trinajstić information content (AvgIpc) is 2.62. The Morgan fingerprint density at radius 2 is 1.92 bits per heavy atom. The van der Waals surface area contributed by atoms with Crippen LogP contribution in [0.2, 0.25) is 0 Å². The quantitative estimate of drug-likeness (QED) is 0.844. The molecular weight excluding hydrogens is 326 g/mol. The van der Waals surface area contributed by atoms with Crippen LogP contribution in [0.3, 0.4) is 0 Å². The number of ether oxygens (including phenoxy) is 3. The number of aromatic nitrogens is 2. The smallest absolute Gasteiger partial charge is 0.359 e. The van der Waals surface area contributed by atoms with E-state index >= 15 is 0 Å². The second kappa shape index (κ2) is 7.16. The van der Waals surface area contributed by atoms with E-state index in [2.05, 4.69) is 15.3 Å². The van der Waals surface area contributed by atoms with Crippen LogP contribution in [0.25, 0.3) is 0 Å². The van der Waals surface area contributed by atoms with Crippen molar-refractivity contribution < 1.29 is 23.8 Å². The molecule has 3 rings (SSSR count). The third kappa shape index (κ3) is 4.03. The lowest BCUT2D eigenvalue weighted by molar-refractivity contribution is -0.123. The molecule has 0 saturated carbocycles. The van der Waals surface area contributed by atoms with Gasteiger partial charge in [-0.15, -0.1) is 0 Å². The van der Waals surface area contributed by atoms with Gasteiger partial charge in [0, 0.05) is 18.0 Å². The summed E-state index contributed by atoms with van der Waals surface area (Å²) in [6.07, 6.45) is 1.77. The molecule has 0 saturated heterocycles. The summed E-state index contributed by atoms with van der Waals surface area (Å²) in [4.78, 5) is 32.1. The van der Waals surface area contributed by atoms with Crippen molar-refractivity contribution in [3.05, 3.63) is 42.0 Å². The number of benzene rings is 1. The molecule has 8 nitrogen and oxygen atoms in total. The van der Waals surface area contributed by atoms with E-state index < -0.39 is 18.0 Å². The molecule has 0 radical (unpaired) electrons. The summed E-state index contributed by atoms with van der Waals surface area (Å²) in [6, 6.07) is 5.06. The van der Waals surface area contributed by atoms with Gasteiger partial charge >= 0.3 is 5.97 Å². The summed E-state index contributed by atoms with van der Waals surface area (Å²) in [5.41, 5.74) is 1.25. The van der Waals surface area contributed by atoms with Crippen LogP contribution in [0, 0.1) is 6.92 Å². The van der Waals surface area contributed by atoms with Crippen molar-refractivity contribution in [3.8, 4) is 11.5 Å². The van der Waals surface area contributed by atoms with Gasteiger partial charge in [-0.25, -0.2) is 9.78 Å². The van der Waals surface area contributed by atoms with Crippen LogP contribution in [-0.2, 0) is 9.53 Å². The predicted octanol–water partition coefficient (Wildman–Crippen LogP) is 1.74. The van der Waals surface area contributed by atoms with Crippen molar-refractivity contribution in [2.24, 2.45) is 0 Å². The summed E-state index contributed by atoms with van der Waals surface area (Å²) in [5, 5.41) is 2.67. The van der Waals surface area contributed by atoms with Crippen LogP contribution < -0.4 is 14.8 Å². The van der Waals surface area contributed by atoms with E-state index in [0.717, 1.165) is 0 Å². The summed E-state index contributed by atoms with van der Waals surface area (Å²) < 4.78 is 16.0. The summed E-state index contributed by atoms with van der Waals surface area (Å²) in [7, 11) is 0. The average molecular weight is 343 g/mol. The van der Waals surface area contributed by atoms with E-state index in [9.17, 15) is 9.59 Å². The van der Waals surface area contributed by atoms with Gasteiger partial charge in [0.1, 0.15) is 13.2 Å². The molecule has 0 fully saturated rings. The predicted molar refractivity (Wildman–Crippen MR) is 87.7 cm³/mol. The molecule has 1 N–H and O–H groups in total. The number of carbonyl (C=O) groups excluding carboxylic acids is 2. The van der Waals surface area contributed by atoms with Gasteiger partial charge < -0.3 is 19.5 Å². The number of amides is 1. The lowest BCUT2D eigenvalue weighted by Gasteiger charge is -2.19. The third-order valence-electron chi connectivity index (χ3n) is 3.45. The van der Waals surface area contributed by atoms with Crippen LogP contribution in [-0.4, -0.2) is 41.2 Å². The molecule has 2 heterocycles. The highest BCUT2D eigenvalue weighted by Crippen LogP contribution is 2.32. The molecule has 1 amide bonds. The summed E-state index contributed by atoms with van der Waals surface area (Å²) in [5.74, 6) is 0.00715. The van der Waals surface area contributed by atoms with E-state index in [4.69, 9.17) is 14.2 Å². The van der Waals surface area contributed by atoms with E-state index in [-0.39, 0.29) is 5.69 Å². The molecule has 1 aliphatic heterocycles. The van der Waals surface area contributed by atoms with Crippen LogP contribution in [0.4, 0.5) is 5.69 Å². The number of fused-ring (bicyclic) bond motifs is 1. The molecule has 1 atom stereocenters. The zero-order chi connectivity index (χ0) is 17.8. The Hall–Kier alpha value is -3.16. The second-order valence-electron chi connectivity index (χ2n) is 5.44. The Morgan fingerprint density at radius 1 is 1.16 bits per heavy atom. The number of carbonyl (C=O) groups is 2. The first-order valence-electron chi connectivity index (χ1n) is 7.73. The molecule has 25 heavy (non-hydrogen) atoms. The summed E-state index contributed by atoms with van der Waals surface area (Å²) >= 11 is 0. The molecule has 0 bridgehead atoms. The Labute approximate surface area is 144 Å². The lowest BCUT2D eigenvalue weighted by atomic mass is 10.2. The maximum atomic E-state index is 12.2. The summed E-state index contributed by atoms with van der Waals surface area (Å²) in [6.45, 7) is 4.18. The number of nitrogens with one attached hydrogen (secondary N) is 1. The largest absolute Gasteiger partial charge is 0.486 e. The second-order valence-corrected chi connectivity index (χ2v) is 5.44. The van der Waals surface area contributed by atoms with Crippen LogP contribution in [0.15, 0.2) is 30.6 Å². The highest BCUT2D eigenvalue weighted by atomic mass is 16.6. The van der Waals surface area contributed by atoms with E-state index in [1.54, 1.807) is 25.1 Å². The monoisotopic (exact) mass is 343 g/mol. The maximum absolute atomic E-state index is 12.2. The molecule has 1 aromatic heterocycles. The molecule has 130 valence electrons. The fraction of sp³-hybridized carbons (Fsp3) is 0.294. The van der Waals surface area contributed by atoms with Gasteiger partial charge in [0.2, 0.25) is 0 Å². The minimum Gasteiger partial charge on any atom is -0.486 e. The van der Waals surface area contributed by atoms with E-state index in [0.29, 0.717) is 36.1 Å². The fourth-order valence-electron chi connectivity index (χ4n) is 2.14. The standard InChI is InChI=1S/C17H17N3O5/c1-10-8-19-13(9-18-10)17(22)25-11(2)16(21)20-12-3-4-14-15(7-12)24-6-5-23-14/h3-4,7-9,11H,5-6H2,1-2H3,(H,20,21)/t11-/m0/s1. The molecule has 2 aromatic rings. The highest BCUT2D eigenvalue weighted by molar-refractivity contribution is 5.96. The Morgan fingerprint density at radius 3 is 2.64 bits per heavy atom. The Bertz CT molecular complexity index is 791. The van der Waals surface area contributed by atoms with E-state index in [1.165, 1.54) is 19.3 Å². The van der Waals surface area contributed by atoms with Crippen molar-refractivity contribution >= 4 is 17.6 Å². The maximum Gasteiger partial charge on any atom is 0.359 e. The fourth-order valence-corrected chi connectivity index (χ4v) is 2.14. The van der Waals surface area contributed by atoms with E-state index in [1.807, 2.05) is 0 Å². The molecular formula is C17H17N3O5. The van der Waals surface area contributed by atoms with Gasteiger partial charge in [-0.3, -0.25) is 9.78 Å². The lowest BCUT2D eigenvalue weighted by Crippen LogP contribution is -2.30. The van der Waals surface area contributed by atoms with Gasteiger partial charge in [-0.1, -0.05) is 0 Å². The molecule has 1 aliphatic rings. The van der Waals surface area contributed by atoms with Gasteiger partial charge in [0.05, 0.1) is 11.9 Å². The first kappa shape index (κ1) is 16.7. The van der Waals surface area contributed by atoms with Gasteiger partial charge in [-0.2, -0.15) is 0 Å². The Kier molecular flexibility index (Phi) is 4.78. The Balaban J connectivity index is 1.60. The zero-order valence-corrected chi connectivity index (χ0v) is 13.8. The number of aryl methyl sites for hydroxylation is 1. The third-order valence-corrected chi connectivity index (χ3v) is 3.45. The highest BCUT2D eigenvalue weighted by Gasteiger charge is 2.21. The SMILES string of the molecule is Cc1cnc(C(=O)O[C@@H](C)C(=O)Nc2ccc3c(c2)OCCO3)cn1. The number of hydrogen-bond donors (Lipinski definition) is 1. The molecule has 0 aliphatic carbocycles. The van der Waals surface area contributed by atoms with Crippen molar-refractivity contribution in [1.82, 2.24) is 9.97 Å². The molecule has 0 unspecified atom stereocenters. The first-order valence-corrected chi connectivity index (χ1v) is 7.73. The van der Waals surface area contributed by atoms with Crippen molar-refractivity contribution in [3.63, 3.8) is 0 Å². The zero-order valence-electron chi connectivity index (χ0n) is 13.8. The van der Waals surface area contributed by atoms with Crippen LogP contribution in [0.5, 0.6) is 11.5 Å². The molecule has 0 spiro atoms. The number of rotatable bonds is 4.